The first-order valence-electron chi connectivity index (χ1n) is 10.0. The van der Waals surface area contributed by atoms with Crippen molar-refractivity contribution >= 4 is 23.5 Å². The lowest BCUT2D eigenvalue weighted by Crippen LogP contribution is -2.53. The van der Waals surface area contributed by atoms with E-state index in [4.69, 9.17) is 14.2 Å². The van der Waals surface area contributed by atoms with Crippen LogP contribution in [0.1, 0.15) is 42.5 Å². The predicted molar refractivity (Wildman–Crippen MR) is 104 cm³/mol. The zero-order valence-electron chi connectivity index (χ0n) is 16.7. The first kappa shape index (κ1) is 19.7. The number of ether oxygens (including phenoxy) is 3. The van der Waals surface area contributed by atoms with Crippen molar-refractivity contribution in [3.8, 4) is 5.75 Å². The lowest BCUT2D eigenvalue weighted by molar-refractivity contribution is -0.151. The number of rotatable bonds is 4. The number of carbonyl (C=O) groups excluding carboxylic acids is 3. The topological polar surface area (TPSA) is 94.2 Å². The molecule has 0 unspecified atom stereocenters. The molecule has 8 heteroatoms. The number of benzene rings is 1. The molecule has 0 aromatic heterocycles. The maximum Gasteiger partial charge on any atom is 0.308 e. The lowest BCUT2D eigenvalue weighted by Gasteiger charge is -2.42. The molecular weight excluding hydrogens is 376 g/mol. The summed E-state index contributed by atoms with van der Waals surface area (Å²) in [6.45, 7) is 0.279. The molecule has 1 aromatic rings. The Kier molecular flexibility index (Phi) is 5.45. The van der Waals surface area contributed by atoms with Gasteiger partial charge in [0.1, 0.15) is 18.5 Å². The summed E-state index contributed by atoms with van der Waals surface area (Å²) in [5.41, 5.74) is 1.03. The maximum atomic E-state index is 13.1. The molecule has 1 aliphatic carbocycles. The normalized spacial score (nSPS) is 26.3. The molecule has 1 saturated heterocycles. The Morgan fingerprint density at radius 3 is 2.76 bits per heavy atom. The van der Waals surface area contributed by atoms with Crippen molar-refractivity contribution in [3.63, 3.8) is 0 Å². The predicted octanol–water partition coefficient (Wildman–Crippen LogP) is 1.98. The largest absolute Gasteiger partial charge is 0.490 e. The molecule has 2 aliphatic heterocycles. The third-order valence-corrected chi connectivity index (χ3v) is 5.85. The zero-order valence-corrected chi connectivity index (χ0v) is 16.7. The van der Waals surface area contributed by atoms with E-state index in [1.54, 1.807) is 30.1 Å². The highest BCUT2D eigenvalue weighted by Gasteiger charge is 2.39. The van der Waals surface area contributed by atoms with E-state index in [1.165, 1.54) is 7.11 Å². The first-order valence-corrected chi connectivity index (χ1v) is 10.0. The number of methoxy groups -OCH3 is 1. The smallest absolute Gasteiger partial charge is 0.308 e. The minimum absolute atomic E-state index is 0.00471. The molecule has 0 bridgehead atoms. The average molecular weight is 402 g/mol. The van der Waals surface area contributed by atoms with Crippen LogP contribution in [0.2, 0.25) is 0 Å². The van der Waals surface area contributed by atoms with Gasteiger partial charge >= 0.3 is 5.97 Å². The van der Waals surface area contributed by atoms with Crippen LogP contribution in [0.25, 0.3) is 0 Å². The van der Waals surface area contributed by atoms with Crippen LogP contribution in [0.3, 0.4) is 0 Å². The molecule has 156 valence electrons. The number of amides is 2. The summed E-state index contributed by atoms with van der Waals surface area (Å²) in [6.07, 6.45) is 2.84. The van der Waals surface area contributed by atoms with Gasteiger partial charge in [0, 0.05) is 18.7 Å². The minimum atomic E-state index is -0.324. The molecule has 0 spiro atoms. The third-order valence-electron chi connectivity index (χ3n) is 5.85. The van der Waals surface area contributed by atoms with Crippen LogP contribution in [0, 0.1) is 5.92 Å². The highest BCUT2D eigenvalue weighted by molar-refractivity contribution is 6.00. The van der Waals surface area contributed by atoms with Crippen LogP contribution in [-0.4, -0.2) is 61.7 Å². The summed E-state index contributed by atoms with van der Waals surface area (Å²) in [5, 5.41) is 2.88. The number of hydrogen-bond acceptors (Lipinski definition) is 6. The van der Waals surface area contributed by atoms with Gasteiger partial charge in [-0.1, -0.05) is 0 Å². The van der Waals surface area contributed by atoms with E-state index in [-0.39, 0.29) is 55.0 Å². The van der Waals surface area contributed by atoms with Crippen LogP contribution in [-0.2, 0) is 19.1 Å². The number of likely N-dealkylation sites (N-methyl/N-ethyl adjacent to an activating group) is 1. The monoisotopic (exact) mass is 402 g/mol. The molecule has 1 saturated carbocycles. The van der Waals surface area contributed by atoms with Crippen LogP contribution >= 0.6 is 0 Å². The molecular formula is C21H26N2O6. The summed E-state index contributed by atoms with van der Waals surface area (Å²) >= 11 is 0. The molecule has 1 aromatic carbocycles. The Morgan fingerprint density at radius 2 is 2.03 bits per heavy atom. The van der Waals surface area contributed by atoms with Gasteiger partial charge in [0.05, 0.1) is 31.2 Å². The van der Waals surface area contributed by atoms with Gasteiger partial charge in [-0.15, -0.1) is 0 Å². The third kappa shape index (κ3) is 4.22. The van der Waals surface area contributed by atoms with Gasteiger partial charge in [0.2, 0.25) is 5.91 Å². The molecule has 4 rings (SSSR count). The van der Waals surface area contributed by atoms with E-state index >= 15 is 0 Å². The van der Waals surface area contributed by atoms with Crippen molar-refractivity contribution in [3.05, 3.63) is 23.8 Å². The molecule has 29 heavy (non-hydrogen) atoms. The van der Waals surface area contributed by atoms with Gasteiger partial charge in [-0.3, -0.25) is 14.4 Å². The molecule has 2 fully saturated rings. The van der Waals surface area contributed by atoms with Crippen molar-refractivity contribution < 1.29 is 28.6 Å². The highest BCUT2D eigenvalue weighted by Crippen LogP contribution is 2.34. The maximum absolute atomic E-state index is 13.1. The van der Waals surface area contributed by atoms with Gasteiger partial charge in [-0.2, -0.15) is 0 Å². The fraction of sp³-hybridized carbons (Fsp3) is 0.571. The number of fused-ring (bicyclic) bond motifs is 2. The van der Waals surface area contributed by atoms with Crippen LogP contribution in [0.4, 0.5) is 5.69 Å². The number of anilines is 1. The molecule has 1 N–H and O–H groups in total. The second-order valence-electron chi connectivity index (χ2n) is 7.92. The van der Waals surface area contributed by atoms with Gasteiger partial charge < -0.3 is 24.4 Å². The van der Waals surface area contributed by atoms with E-state index in [1.807, 2.05) is 0 Å². The molecule has 2 amide bonds. The summed E-state index contributed by atoms with van der Waals surface area (Å²) < 4.78 is 16.7. The fourth-order valence-electron chi connectivity index (χ4n) is 3.96. The second-order valence-corrected chi connectivity index (χ2v) is 7.92. The van der Waals surface area contributed by atoms with Crippen molar-refractivity contribution in [2.45, 2.75) is 50.4 Å². The highest BCUT2D eigenvalue weighted by atomic mass is 16.5. The fourth-order valence-corrected chi connectivity index (χ4v) is 3.96. The van der Waals surface area contributed by atoms with E-state index in [0.29, 0.717) is 29.8 Å². The Balaban J connectivity index is 1.51. The average Bonchev–Trinajstić information content (AvgIpc) is 3.56. The standard InChI is InChI=1S/C21H26N2O6/c1-23-16-7-6-14(10-19(24)27-2)29-18(16)11-28-17-8-5-13(9-15(17)21(23)26)22-20(25)12-3-4-12/h5,8-9,12,14,16,18H,3-4,6-7,10-11H2,1-2H3,(H,22,25)/t14-,16+,18+/m1/s1. The van der Waals surface area contributed by atoms with Crippen LogP contribution in [0.15, 0.2) is 18.2 Å². The van der Waals surface area contributed by atoms with Crippen molar-refractivity contribution in [2.24, 2.45) is 5.92 Å². The van der Waals surface area contributed by atoms with Crippen molar-refractivity contribution in [1.29, 1.82) is 0 Å². The van der Waals surface area contributed by atoms with Crippen LogP contribution < -0.4 is 10.1 Å². The Bertz CT molecular complexity index is 821. The van der Waals surface area contributed by atoms with Crippen molar-refractivity contribution in [1.82, 2.24) is 4.90 Å². The number of esters is 1. The molecule has 2 heterocycles. The Labute approximate surface area is 169 Å². The molecule has 8 nitrogen and oxygen atoms in total. The lowest BCUT2D eigenvalue weighted by atomic mass is 9.94. The van der Waals surface area contributed by atoms with E-state index in [9.17, 15) is 14.4 Å². The SMILES string of the molecule is COC(=O)C[C@H]1CC[C@H]2[C@H](COc3ccc(NC(=O)C4CC4)cc3C(=O)N2C)O1. The summed E-state index contributed by atoms with van der Waals surface area (Å²) in [5.74, 6) is 0.0611. The summed E-state index contributed by atoms with van der Waals surface area (Å²) in [7, 11) is 3.12. The Morgan fingerprint density at radius 1 is 1.24 bits per heavy atom. The second kappa shape index (κ2) is 8.02. The molecule has 3 atom stereocenters. The summed E-state index contributed by atoms with van der Waals surface area (Å²) in [6, 6.07) is 4.99. The van der Waals surface area contributed by atoms with Gasteiger partial charge in [-0.05, 0) is 43.9 Å². The quantitative estimate of drug-likeness (QED) is 0.774. The number of nitrogens with one attached hydrogen (secondary N) is 1. The van der Waals surface area contributed by atoms with Gasteiger partial charge in [-0.25, -0.2) is 0 Å². The van der Waals surface area contributed by atoms with Crippen LogP contribution in [0.5, 0.6) is 5.75 Å². The number of hydrogen-bond donors (Lipinski definition) is 1. The first-order chi connectivity index (χ1) is 14.0. The minimum Gasteiger partial charge on any atom is -0.490 e. The number of carbonyl (C=O) groups is 3. The molecule has 3 aliphatic rings. The van der Waals surface area contributed by atoms with E-state index in [2.05, 4.69) is 5.32 Å². The molecule has 0 radical (unpaired) electrons. The van der Waals surface area contributed by atoms with E-state index < -0.39 is 0 Å². The van der Waals surface area contributed by atoms with Gasteiger partial charge in [0.25, 0.3) is 5.91 Å². The zero-order chi connectivity index (χ0) is 20.5. The summed E-state index contributed by atoms with van der Waals surface area (Å²) in [4.78, 5) is 38.4. The number of nitrogens with zero attached hydrogens (tertiary/aromatic N) is 1. The van der Waals surface area contributed by atoms with Gasteiger partial charge in [0.15, 0.2) is 0 Å². The van der Waals surface area contributed by atoms with E-state index in [0.717, 1.165) is 12.8 Å². The Hall–Kier alpha value is -2.61. The van der Waals surface area contributed by atoms with Crippen molar-refractivity contribution in [2.75, 3.05) is 26.1 Å².